The summed E-state index contributed by atoms with van der Waals surface area (Å²) in [6.07, 6.45) is 4.33. The number of halogens is 2. The second kappa shape index (κ2) is 5.93. The fourth-order valence-electron chi connectivity index (χ4n) is 0.941. The van der Waals surface area contributed by atoms with Crippen molar-refractivity contribution in [3.8, 4) is 0 Å². The Morgan fingerprint density at radius 2 is 2.25 bits per heavy atom. The van der Waals surface area contributed by atoms with Gasteiger partial charge in [-0.05, 0) is 12.1 Å². The number of aromatic nitrogens is 1. The van der Waals surface area contributed by atoms with Crippen LogP contribution in [0, 0.1) is 5.82 Å². The van der Waals surface area contributed by atoms with Crippen LogP contribution in [0.2, 0.25) is 0 Å². The molecule has 0 saturated heterocycles. The summed E-state index contributed by atoms with van der Waals surface area (Å²) in [6, 6.07) is 2.36. The summed E-state index contributed by atoms with van der Waals surface area (Å²) in [7, 11) is -3.90. The lowest BCUT2D eigenvalue weighted by Crippen LogP contribution is -2.25. The zero-order valence-corrected chi connectivity index (χ0v) is 9.80. The Bertz CT molecular complexity index is 476. The van der Waals surface area contributed by atoms with Crippen molar-refractivity contribution in [1.29, 1.82) is 0 Å². The molecular weight excluding hydrogens is 255 g/mol. The highest BCUT2D eigenvalue weighted by Crippen LogP contribution is 2.09. The maximum absolute atomic E-state index is 13.1. The van der Waals surface area contributed by atoms with E-state index in [9.17, 15) is 12.8 Å². The largest absolute Gasteiger partial charge is 0.261 e. The van der Waals surface area contributed by atoms with Gasteiger partial charge in [0.25, 0.3) is 10.0 Å². The van der Waals surface area contributed by atoms with E-state index in [4.69, 9.17) is 11.6 Å². The Morgan fingerprint density at radius 3 is 2.88 bits per heavy atom. The summed E-state index contributed by atoms with van der Waals surface area (Å²) < 4.78 is 38.4. The smallest absolute Gasteiger partial charge is 0.241 e. The van der Waals surface area contributed by atoms with Gasteiger partial charge in [0.15, 0.2) is 5.82 Å². The molecule has 0 saturated carbocycles. The molecule has 0 fully saturated rings. The molecule has 0 bridgehead atoms. The molecule has 0 aliphatic rings. The van der Waals surface area contributed by atoms with Crippen molar-refractivity contribution in [2.45, 2.75) is 5.03 Å². The average molecular weight is 265 g/mol. The third-order valence-corrected chi connectivity index (χ3v) is 3.16. The third-order valence-electron chi connectivity index (χ3n) is 1.63. The van der Waals surface area contributed by atoms with Gasteiger partial charge in [0.05, 0.1) is 0 Å². The number of sulfonamides is 1. The maximum Gasteiger partial charge on any atom is 0.261 e. The first kappa shape index (κ1) is 13.1. The Labute approximate surface area is 98.2 Å². The first-order valence-electron chi connectivity index (χ1n) is 4.39. The molecular formula is C9H10ClFN2O2S. The number of pyridine rings is 1. The Kier molecular flexibility index (Phi) is 4.85. The SMILES string of the molecule is O=S(=O)(NC/C=C/CCl)c1ncccc1F. The van der Waals surface area contributed by atoms with Gasteiger partial charge in [0, 0.05) is 18.6 Å². The number of hydrogen-bond acceptors (Lipinski definition) is 3. The van der Waals surface area contributed by atoms with Crippen LogP contribution in [0.3, 0.4) is 0 Å². The molecule has 0 atom stereocenters. The third kappa shape index (κ3) is 3.55. The predicted molar refractivity (Wildman–Crippen MR) is 59.2 cm³/mol. The molecule has 1 rings (SSSR count). The fraction of sp³-hybridized carbons (Fsp3) is 0.222. The van der Waals surface area contributed by atoms with Crippen LogP contribution in [0.1, 0.15) is 0 Å². The van der Waals surface area contributed by atoms with Gasteiger partial charge >= 0.3 is 0 Å². The van der Waals surface area contributed by atoms with Gasteiger partial charge in [-0.2, -0.15) is 0 Å². The highest BCUT2D eigenvalue weighted by Gasteiger charge is 2.18. The molecule has 1 aromatic heterocycles. The van der Waals surface area contributed by atoms with Crippen molar-refractivity contribution in [2.75, 3.05) is 12.4 Å². The Balaban J connectivity index is 2.79. The van der Waals surface area contributed by atoms with E-state index in [0.29, 0.717) is 5.88 Å². The summed E-state index contributed by atoms with van der Waals surface area (Å²) in [6.45, 7) is 0.0467. The van der Waals surface area contributed by atoms with E-state index >= 15 is 0 Å². The van der Waals surface area contributed by atoms with Gasteiger partial charge < -0.3 is 0 Å². The Morgan fingerprint density at radius 1 is 1.50 bits per heavy atom. The van der Waals surface area contributed by atoms with Crippen LogP contribution in [0.4, 0.5) is 4.39 Å². The Hall–Kier alpha value is -0.980. The number of nitrogens with one attached hydrogen (secondary N) is 1. The average Bonchev–Trinajstić information content (AvgIpc) is 2.25. The molecule has 4 nitrogen and oxygen atoms in total. The minimum Gasteiger partial charge on any atom is -0.241 e. The summed E-state index contributed by atoms with van der Waals surface area (Å²) in [5.41, 5.74) is 0. The molecule has 1 heterocycles. The molecule has 0 amide bonds. The minimum atomic E-state index is -3.90. The minimum absolute atomic E-state index is 0.0467. The van der Waals surface area contributed by atoms with E-state index in [2.05, 4.69) is 9.71 Å². The molecule has 88 valence electrons. The fourth-order valence-corrected chi connectivity index (χ4v) is 2.04. The quantitative estimate of drug-likeness (QED) is 0.644. The molecule has 1 N–H and O–H groups in total. The standard InChI is InChI=1S/C9H10ClFN2O2S/c10-5-1-2-7-13-16(14,15)9-8(11)4-3-6-12-9/h1-4,6,13H,5,7H2/b2-1+. The highest BCUT2D eigenvalue weighted by atomic mass is 35.5. The van der Waals surface area contributed by atoms with Gasteiger partial charge in [-0.3, -0.25) is 0 Å². The van der Waals surface area contributed by atoms with Crippen molar-refractivity contribution in [1.82, 2.24) is 9.71 Å². The number of nitrogens with zero attached hydrogens (tertiary/aromatic N) is 1. The summed E-state index contributed by atoms with van der Waals surface area (Å²) in [5.74, 6) is -0.587. The van der Waals surface area contributed by atoms with Crippen LogP contribution in [-0.4, -0.2) is 25.8 Å². The van der Waals surface area contributed by atoms with E-state index in [1.807, 2.05) is 0 Å². The summed E-state index contributed by atoms with van der Waals surface area (Å²) >= 11 is 5.36. The lowest BCUT2D eigenvalue weighted by Gasteiger charge is -2.03. The van der Waals surface area contributed by atoms with Crippen molar-refractivity contribution < 1.29 is 12.8 Å². The van der Waals surface area contributed by atoms with Crippen LogP contribution in [-0.2, 0) is 10.0 Å². The topological polar surface area (TPSA) is 59.1 Å². The molecule has 0 aromatic carbocycles. The van der Waals surface area contributed by atoms with Crippen LogP contribution >= 0.6 is 11.6 Å². The van der Waals surface area contributed by atoms with Crippen molar-refractivity contribution >= 4 is 21.6 Å². The molecule has 0 radical (unpaired) electrons. The van der Waals surface area contributed by atoms with Crippen LogP contribution < -0.4 is 4.72 Å². The molecule has 7 heteroatoms. The van der Waals surface area contributed by atoms with Crippen molar-refractivity contribution in [3.05, 3.63) is 36.3 Å². The van der Waals surface area contributed by atoms with Crippen molar-refractivity contribution in [2.24, 2.45) is 0 Å². The molecule has 0 unspecified atom stereocenters. The predicted octanol–water partition coefficient (Wildman–Crippen LogP) is 1.29. The van der Waals surface area contributed by atoms with E-state index in [1.54, 1.807) is 6.08 Å². The number of hydrogen-bond donors (Lipinski definition) is 1. The van der Waals surface area contributed by atoms with Gasteiger partial charge in [0.2, 0.25) is 5.03 Å². The van der Waals surface area contributed by atoms with E-state index < -0.39 is 20.9 Å². The normalized spacial score (nSPS) is 12.1. The van der Waals surface area contributed by atoms with Gasteiger partial charge in [-0.15, -0.1) is 11.6 Å². The van der Waals surface area contributed by atoms with E-state index in [0.717, 1.165) is 6.07 Å². The molecule has 0 aliphatic carbocycles. The second-order valence-corrected chi connectivity index (χ2v) is 4.76. The number of rotatable bonds is 5. The first-order valence-corrected chi connectivity index (χ1v) is 6.41. The van der Waals surface area contributed by atoms with Gasteiger partial charge in [-0.25, -0.2) is 22.5 Å². The second-order valence-electron chi connectivity index (χ2n) is 2.77. The molecule has 1 aromatic rings. The van der Waals surface area contributed by atoms with Gasteiger partial charge in [0.1, 0.15) is 0 Å². The van der Waals surface area contributed by atoms with Crippen LogP contribution in [0.25, 0.3) is 0 Å². The van der Waals surface area contributed by atoms with Gasteiger partial charge in [-0.1, -0.05) is 12.2 Å². The monoisotopic (exact) mass is 264 g/mol. The zero-order chi connectivity index (χ0) is 12.0. The van der Waals surface area contributed by atoms with Crippen LogP contribution in [0.5, 0.6) is 0 Å². The number of allylic oxidation sites excluding steroid dienone is 1. The van der Waals surface area contributed by atoms with Crippen LogP contribution in [0.15, 0.2) is 35.5 Å². The zero-order valence-electron chi connectivity index (χ0n) is 8.23. The maximum atomic E-state index is 13.1. The molecule has 0 aliphatic heterocycles. The van der Waals surface area contributed by atoms with Crippen molar-refractivity contribution in [3.63, 3.8) is 0 Å². The first-order chi connectivity index (χ1) is 7.58. The molecule has 0 spiro atoms. The number of alkyl halides is 1. The summed E-state index contributed by atoms with van der Waals surface area (Å²) in [5, 5.41) is -0.603. The van der Waals surface area contributed by atoms with E-state index in [-0.39, 0.29) is 6.54 Å². The molecule has 16 heavy (non-hydrogen) atoms. The highest BCUT2D eigenvalue weighted by molar-refractivity contribution is 7.89. The lowest BCUT2D eigenvalue weighted by molar-refractivity contribution is 0.547. The summed E-state index contributed by atoms with van der Waals surface area (Å²) in [4.78, 5) is 3.47. The lowest BCUT2D eigenvalue weighted by atomic mass is 10.5. The van der Waals surface area contributed by atoms with E-state index in [1.165, 1.54) is 18.3 Å².